The molecular weight excluding hydrogens is 152 g/mol. The second-order valence-corrected chi connectivity index (χ2v) is 2.83. The van der Waals surface area contributed by atoms with E-state index in [9.17, 15) is 4.79 Å². The maximum absolute atomic E-state index is 10.3. The Morgan fingerprint density at radius 1 is 1.60 bits per heavy atom. The maximum atomic E-state index is 10.3. The van der Waals surface area contributed by atoms with Crippen molar-refractivity contribution in [1.82, 2.24) is 0 Å². The monoisotopic (exact) mass is 162 g/mol. The zero-order chi connectivity index (χ0) is 7.40. The molecule has 0 N–H and O–H groups in total. The van der Waals surface area contributed by atoms with E-state index in [0.717, 1.165) is 25.5 Å². The van der Waals surface area contributed by atoms with E-state index in [1.54, 1.807) is 0 Å². The number of alkyl halides is 1. The van der Waals surface area contributed by atoms with Crippen molar-refractivity contribution in [3.8, 4) is 0 Å². The van der Waals surface area contributed by atoms with Gasteiger partial charge in [0.05, 0.1) is 6.10 Å². The van der Waals surface area contributed by atoms with Crippen LogP contribution >= 0.6 is 11.6 Å². The summed E-state index contributed by atoms with van der Waals surface area (Å²) >= 11 is 5.56. The molecule has 1 rings (SSSR count). The molecule has 1 fully saturated rings. The van der Waals surface area contributed by atoms with Crippen LogP contribution < -0.4 is 0 Å². The second kappa shape index (κ2) is 3.94. The second-order valence-electron chi connectivity index (χ2n) is 2.52. The van der Waals surface area contributed by atoms with Gasteiger partial charge < -0.3 is 9.53 Å². The van der Waals surface area contributed by atoms with Gasteiger partial charge in [-0.25, -0.2) is 0 Å². The van der Waals surface area contributed by atoms with E-state index in [-0.39, 0.29) is 12.2 Å². The summed E-state index contributed by atoms with van der Waals surface area (Å²) in [5.41, 5.74) is 0. The number of ether oxygens (including phenoxy) is 1. The lowest BCUT2D eigenvalue weighted by atomic mass is 10.1. The van der Waals surface area contributed by atoms with Crippen LogP contribution in [-0.4, -0.2) is 24.4 Å². The Bertz CT molecular complexity index is 116. The standard InChI is InChI=1S/C7H11ClO2/c8-4-6-2-1-3-7(5-9)10-6/h5-7H,1-4H2. The van der Waals surface area contributed by atoms with Gasteiger partial charge >= 0.3 is 0 Å². The fourth-order valence-corrected chi connectivity index (χ4v) is 1.37. The highest BCUT2D eigenvalue weighted by molar-refractivity contribution is 6.18. The van der Waals surface area contributed by atoms with Gasteiger partial charge in [0, 0.05) is 5.88 Å². The van der Waals surface area contributed by atoms with E-state index >= 15 is 0 Å². The highest BCUT2D eigenvalue weighted by atomic mass is 35.5. The normalized spacial score (nSPS) is 33.7. The summed E-state index contributed by atoms with van der Waals surface area (Å²) in [5, 5.41) is 0. The average molecular weight is 163 g/mol. The summed E-state index contributed by atoms with van der Waals surface area (Å²) in [4.78, 5) is 10.3. The first-order valence-corrected chi connectivity index (χ1v) is 4.07. The first-order valence-electron chi connectivity index (χ1n) is 3.53. The molecule has 1 aliphatic heterocycles. The molecule has 0 amide bonds. The highest BCUT2D eigenvalue weighted by Gasteiger charge is 2.20. The molecule has 0 saturated carbocycles. The molecule has 1 heterocycles. The molecule has 2 unspecified atom stereocenters. The third-order valence-electron chi connectivity index (χ3n) is 1.71. The molecule has 58 valence electrons. The van der Waals surface area contributed by atoms with Crippen LogP contribution in [0.3, 0.4) is 0 Å². The van der Waals surface area contributed by atoms with Gasteiger partial charge in [-0.15, -0.1) is 11.6 Å². The van der Waals surface area contributed by atoms with Crippen LogP contribution in [0.1, 0.15) is 19.3 Å². The van der Waals surface area contributed by atoms with Crippen LogP contribution in [0.15, 0.2) is 0 Å². The third-order valence-corrected chi connectivity index (χ3v) is 2.05. The molecule has 0 spiro atoms. The van der Waals surface area contributed by atoms with Crippen molar-refractivity contribution in [1.29, 1.82) is 0 Å². The van der Waals surface area contributed by atoms with Crippen molar-refractivity contribution in [2.75, 3.05) is 5.88 Å². The molecule has 2 nitrogen and oxygen atoms in total. The molecule has 0 radical (unpaired) electrons. The highest BCUT2D eigenvalue weighted by Crippen LogP contribution is 2.18. The minimum Gasteiger partial charge on any atom is -0.366 e. The topological polar surface area (TPSA) is 26.3 Å². The average Bonchev–Trinajstić information content (AvgIpc) is 2.05. The van der Waals surface area contributed by atoms with Crippen LogP contribution in [0.2, 0.25) is 0 Å². The molecule has 10 heavy (non-hydrogen) atoms. The Hall–Kier alpha value is -0.0800. The first-order chi connectivity index (χ1) is 4.86. The minimum atomic E-state index is -0.197. The molecule has 0 aromatic heterocycles. The van der Waals surface area contributed by atoms with E-state index in [4.69, 9.17) is 16.3 Å². The Balaban J connectivity index is 2.31. The molecule has 0 aliphatic carbocycles. The molecule has 3 heteroatoms. The van der Waals surface area contributed by atoms with Crippen LogP contribution in [0, 0.1) is 0 Å². The van der Waals surface area contributed by atoms with Gasteiger partial charge in [-0.1, -0.05) is 0 Å². The van der Waals surface area contributed by atoms with Crippen LogP contribution in [0.5, 0.6) is 0 Å². The van der Waals surface area contributed by atoms with E-state index in [1.807, 2.05) is 0 Å². The molecule has 0 aromatic rings. The van der Waals surface area contributed by atoms with E-state index in [0.29, 0.717) is 5.88 Å². The van der Waals surface area contributed by atoms with Crippen molar-refractivity contribution in [2.24, 2.45) is 0 Å². The lowest BCUT2D eigenvalue weighted by molar-refractivity contribution is -0.125. The van der Waals surface area contributed by atoms with Gasteiger partial charge in [0.25, 0.3) is 0 Å². The zero-order valence-corrected chi connectivity index (χ0v) is 6.51. The van der Waals surface area contributed by atoms with Gasteiger partial charge in [-0.3, -0.25) is 0 Å². The number of rotatable bonds is 2. The van der Waals surface area contributed by atoms with E-state index in [1.165, 1.54) is 0 Å². The quantitative estimate of drug-likeness (QED) is 0.453. The van der Waals surface area contributed by atoms with Crippen LogP contribution in [0.25, 0.3) is 0 Å². The van der Waals surface area contributed by atoms with Gasteiger partial charge in [-0.05, 0) is 19.3 Å². The summed E-state index contributed by atoms with van der Waals surface area (Å²) in [5.74, 6) is 0.504. The van der Waals surface area contributed by atoms with Gasteiger partial charge in [0.1, 0.15) is 12.4 Å². The molecule has 2 atom stereocenters. The van der Waals surface area contributed by atoms with Crippen molar-refractivity contribution < 1.29 is 9.53 Å². The van der Waals surface area contributed by atoms with Crippen molar-refractivity contribution >= 4 is 17.9 Å². The maximum Gasteiger partial charge on any atom is 0.148 e. The largest absolute Gasteiger partial charge is 0.366 e. The number of aldehydes is 1. The summed E-state index contributed by atoms with van der Waals surface area (Å²) in [6.45, 7) is 0. The van der Waals surface area contributed by atoms with Gasteiger partial charge in [0.15, 0.2) is 0 Å². The number of halogens is 1. The van der Waals surface area contributed by atoms with Gasteiger partial charge in [-0.2, -0.15) is 0 Å². The van der Waals surface area contributed by atoms with Crippen LogP contribution in [-0.2, 0) is 9.53 Å². The van der Waals surface area contributed by atoms with Gasteiger partial charge in [0.2, 0.25) is 0 Å². The van der Waals surface area contributed by atoms with E-state index in [2.05, 4.69) is 0 Å². The summed E-state index contributed by atoms with van der Waals surface area (Å²) in [6, 6.07) is 0. The van der Waals surface area contributed by atoms with Crippen molar-refractivity contribution in [3.05, 3.63) is 0 Å². The lowest BCUT2D eigenvalue weighted by Crippen LogP contribution is -2.29. The first kappa shape index (κ1) is 8.02. The Labute approximate surface area is 65.5 Å². The molecule has 0 aromatic carbocycles. The third kappa shape index (κ3) is 1.96. The number of hydrogen-bond acceptors (Lipinski definition) is 2. The predicted octanol–water partition coefficient (Wildman–Crippen LogP) is 1.36. The number of carbonyl (C=O) groups is 1. The molecule has 1 aliphatic rings. The SMILES string of the molecule is O=CC1CCCC(CCl)O1. The van der Waals surface area contributed by atoms with Crippen molar-refractivity contribution in [2.45, 2.75) is 31.5 Å². The molecule has 1 saturated heterocycles. The van der Waals surface area contributed by atoms with Crippen molar-refractivity contribution in [3.63, 3.8) is 0 Å². The fraction of sp³-hybridized carbons (Fsp3) is 0.857. The number of hydrogen-bond donors (Lipinski definition) is 0. The summed E-state index contributed by atoms with van der Waals surface area (Å²) in [7, 11) is 0. The smallest absolute Gasteiger partial charge is 0.148 e. The summed E-state index contributed by atoms with van der Waals surface area (Å²) in [6.07, 6.45) is 3.67. The summed E-state index contributed by atoms with van der Waals surface area (Å²) < 4.78 is 5.28. The zero-order valence-electron chi connectivity index (χ0n) is 5.75. The fourth-order valence-electron chi connectivity index (χ4n) is 1.14. The van der Waals surface area contributed by atoms with Crippen LogP contribution in [0.4, 0.5) is 0 Å². The van der Waals surface area contributed by atoms with E-state index < -0.39 is 0 Å². The Morgan fingerprint density at radius 2 is 2.40 bits per heavy atom. The lowest BCUT2D eigenvalue weighted by Gasteiger charge is -2.24. The molecular formula is C7H11ClO2. The predicted molar refractivity (Wildman–Crippen MR) is 39.3 cm³/mol. The Morgan fingerprint density at radius 3 is 3.00 bits per heavy atom. The molecule has 0 bridgehead atoms. The minimum absolute atomic E-state index is 0.102. The Kier molecular flexibility index (Phi) is 3.16. The number of carbonyl (C=O) groups excluding carboxylic acids is 1.